The Labute approximate surface area is 181 Å². The lowest BCUT2D eigenvalue weighted by molar-refractivity contribution is -0.384. The number of rotatable bonds is 3. The average Bonchev–Trinajstić information content (AvgIpc) is 3.38. The van der Waals surface area contributed by atoms with Gasteiger partial charge in [0.25, 0.3) is 5.69 Å². The van der Waals surface area contributed by atoms with E-state index >= 15 is 0 Å². The molecule has 7 heteroatoms. The predicted molar refractivity (Wildman–Crippen MR) is 115 cm³/mol. The Morgan fingerprint density at radius 2 is 1.60 bits per heavy atom. The summed E-state index contributed by atoms with van der Waals surface area (Å²) in [6, 6.07) is 14.1. The summed E-state index contributed by atoms with van der Waals surface area (Å²) < 4.78 is 0.356. The average molecular weight is 465 g/mol. The van der Waals surface area contributed by atoms with Crippen LogP contribution in [0.1, 0.15) is 12.5 Å². The van der Waals surface area contributed by atoms with Crippen LogP contribution < -0.4 is 4.90 Å². The van der Waals surface area contributed by atoms with Crippen molar-refractivity contribution in [2.24, 2.45) is 23.7 Å². The number of fused-ring (bicyclic) bond motifs is 5. The van der Waals surface area contributed by atoms with Gasteiger partial charge >= 0.3 is 0 Å². The Morgan fingerprint density at radius 1 is 1.00 bits per heavy atom. The summed E-state index contributed by atoms with van der Waals surface area (Å²) in [5.41, 5.74) is 3.63. The van der Waals surface area contributed by atoms with Crippen LogP contribution in [0.4, 0.5) is 11.4 Å². The maximum absolute atomic E-state index is 13.4. The number of carbonyl (C=O) groups is 2. The van der Waals surface area contributed by atoms with E-state index in [1.807, 2.05) is 42.5 Å². The van der Waals surface area contributed by atoms with Crippen molar-refractivity contribution < 1.29 is 14.5 Å². The largest absolute Gasteiger partial charge is 0.274 e. The van der Waals surface area contributed by atoms with E-state index in [1.165, 1.54) is 23.1 Å². The highest BCUT2D eigenvalue weighted by molar-refractivity contribution is 9.10. The number of benzene rings is 2. The van der Waals surface area contributed by atoms with Gasteiger partial charge in [-0.1, -0.05) is 48.1 Å². The molecule has 2 aromatic carbocycles. The Bertz CT molecular complexity index is 1140. The smallest absolute Gasteiger partial charge is 0.270 e. The van der Waals surface area contributed by atoms with Crippen molar-refractivity contribution >= 4 is 44.7 Å². The van der Waals surface area contributed by atoms with E-state index in [0.29, 0.717) is 10.2 Å². The molecule has 2 bridgehead atoms. The summed E-state index contributed by atoms with van der Waals surface area (Å²) in [7, 11) is 0. The van der Waals surface area contributed by atoms with E-state index in [1.54, 1.807) is 0 Å². The van der Waals surface area contributed by atoms with Gasteiger partial charge in [-0.3, -0.25) is 19.7 Å². The molecule has 2 aromatic rings. The normalized spacial score (nSPS) is 26.5. The third-order valence-electron chi connectivity index (χ3n) is 6.44. The minimum atomic E-state index is -0.509. The summed E-state index contributed by atoms with van der Waals surface area (Å²) in [5.74, 6) is -1.53. The fraction of sp³-hybridized carbons (Fsp3) is 0.217. The number of imide groups is 1. The quantitative estimate of drug-likeness (QED) is 0.284. The number of allylic oxidation sites excluding steroid dienone is 4. The van der Waals surface area contributed by atoms with Crippen molar-refractivity contribution in [3.8, 4) is 0 Å². The molecule has 2 aliphatic carbocycles. The standard InChI is InChI=1S/C23H17BrN2O4/c1-12(13-5-3-2-4-6-13)19-15-8-9-16(19)21-20(15)22(27)25(23(21)28)18-10-7-14(26(29)30)11-17(18)24/h2-11,15-16,20-21H,1H3/t15-,16-,20+,21+/m1/s1. The fourth-order valence-corrected chi connectivity index (χ4v) is 5.69. The van der Waals surface area contributed by atoms with Gasteiger partial charge in [0.2, 0.25) is 11.8 Å². The van der Waals surface area contributed by atoms with Crippen LogP contribution in [0.3, 0.4) is 0 Å². The molecule has 0 aromatic heterocycles. The summed E-state index contributed by atoms with van der Waals surface area (Å²) in [6.07, 6.45) is 4.10. The lowest BCUT2D eigenvalue weighted by Gasteiger charge is -2.21. The summed E-state index contributed by atoms with van der Waals surface area (Å²) in [4.78, 5) is 38.4. The molecule has 1 aliphatic heterocycles. The molecule has 0 spiro atoms. The molecule has 4 atom stereocenters. The number of nitrogens with zero attached hydrogens (tertiary/aromatic N) is 2. The highest BCUT2D eigenvalue weighted by Crippen LogP contribution is 2.58. The Balaban J connectivity index is 1.54. The van der Waals surface area contributed by atoms with Crippen LogP contribution >= 0.6 is 15.9 Å². The lowest BCUT2D eigenvalue weighted by Crippen LogP contribution is -2.33. The number of halogens is 1. The van der Waals surface area contributed by atoms with E-state index in [0.717, 1.165) is 16.7 Å². The first kappa shape index (κ1) is 18.9. The second-order valence-electron chi connectivity index (χ2n) is 7.84. The SMILES string of the molecule is CC(=C1[C@H]2C=C[C@H]1[C@@H]1C(=O)N(c3ccc([N+](=O)[O-])cc3Br)C(=O)[C@H]12)c1ccccc1. The molecular formula is C23H17BrN2O4. The van der Waals surface area contributed by atoms with Crippen molar-refractivity contribution in [1.82, 2.24) is 0 Å². The Hall–Kier alpha value is -3.06. The summed E-state index contributed by atoms with van der Waals surface area (Å²) >= 11 is 3.30. The zero-order valence-corrected chi connectivity index (χ0v) is 17.6. The molecule has 2 fully saturated rings. The van der Waals surface area contributed by atoms with Crippen molar-refractivity contribution in [2.75, 3.05) is 4.90 Å². The first-order valence-electron chi connectivity index (χ1n) is 9.66. The van der Waals surface area contributed by atoms with E-state index in [-0.39, 0.29) is 29.3 Å². The Morgan fingerprint density at radius 3 is 2.13 bits per heavy atom. The van der Waals surface area contributed by atoms with Gasteiger partial charge in [0.15, 0.2) is 0 Å². The van der Waals surface area contributed by atoms with Gasteiger partial charge in [-0.05, 0) is 40.1 Å². The molecule has 150 valence electrons. The zero-order chi connectivity index (χ0) is 21.2. The van der Waals surface area contributed by atoms with Gasteiger partial charge in [-0.2, -0.15) is 0 Å². The molecule has 0 N–H and O–H groups in total. The maximum atomic E-state index is 13.4. The number of hydrogen-bond donors (Lipinski definition) is 0. The van der Waals surface area contributed by atoms with Crippen LogP contribution in [0.2, 0.25) is 0 Å². The molecule has 30 heavy (non-hydrogen) atoms. The molecule has 5 rings (SSSR count). The molecule has 0 radical (unpaired) electrons. The van der Waals surface area contributed by atoms with Crippen molar-refractivity contribution in [2.45, 2.75) is 6.92 Å². The third kappa shape index (κ3) is 2.55. The van der Waals surface area contributed by atoms with E-state index in [4.69, 9.17) is 0 Å². The van der Waals surface area contributed by atoms with Crippen LogP contribution in [0.5, 0.6) is 0 Å². The highest BCUT2D eigenvalue weighted by Gasteiger charge is 2.62. The minimum absolute atomic E-state index is 0.0986. The van der Waals surface area contributed by atoms with Gasteiger partial charge in [0.05, 0.1) is 22.4 Å². The van der Waals surface area contributed by atoms with E-state index in [2.05, 4.69) is 22.9 Å². The van der Waals surface area contributed by atoms with Crippen LogP contribution in [0.25, 0.3) is 5.57 Å². The summed E-state index contributed by atoms with van der Waals surface area (Å²) in [6.45, 7) is 2.05. The summed E-state index contributed by atoms with van der Waals surface area (Å²) in [5, 5.41) is 11.0. The second kappa shape index (κ2) is 6.74. The van der Waals surface area contributed by atoms with Gasteiger partial charge in [-0.25, -0.2) is 4.90 Å². The maximum Gasteiger partial charge on any atom is 0.270 e. The van der Waals surface area contributed by atoms with Gasteiger partial charge in [-0.15, -0.1) is 0 Å². The predicted octanol–water partition coefficient (Wildman–Crippen LogP) is 4.75. The number of carbonyl (C=O) groups excluding carboxylic acids is 2. The monoisotopic (exact) mass is 464 g/mol. The van der Waals surface area contributed by atoms with Gasteiger partial charge in [0, 0.05) is 28.4 Å². The molecular weight excluding hydrogens is 448 g/mol. The molecule has 2 amide bonds. The van der Waals surface area contributed by atoms with Gasteiger partial charge in [0.1, 0.15) is 0 Å². The van der Waals surface area contributed by atoms with Crippen LogP contribution in [-0.4, -0.2) is 16.7 Å². The van der Waals surface area contributed by atoms with Gasteiger partial charge < -0.3 is 0 Å². The molecule has 3 aliphatic rings. The molecule has 0 unspecified atom stereocenters. The highest BCUT2D eigenvalue weighted by atomic mass is 79.9. The van der Waals surface area contributed by atoms with Crippen LogP contribution in [0, 0.1) is 33.8 Å². The number of nitro benzene ring substituents is 1. The van der Waals surface area contributed by atoms with Crippen molar-refractivity contribution in [1.29, 1.82) is 0 Å². The fourth-order valence-electron chi connectivity index (χ4n) is 5.15. The molecule has 1 heterocycles. The minimum Gasteiger partial charge on any atom is -0.274 e. The first-order chi connectivity index (χ1) is 14.4. The number of amides is 2. The number of non-ortho nitro benzene ring substituents is 1. The molecule has 6 nitrogen and oxygen atoms in total. The van der Waals surface area contributed by atoms with Crippen molar-refractivity contribution in [3.05, 3.63) is 86.4 Å². The first-order valence-corrected chi connectivity index (χ1v) is 10.5. The number of hydrogen-bond acceptors (Lipinski definition) is 4. The zero-order valence-electron chi connectivity index (χ0n) is 16.0. The van der Waals surface area contributed by atoms with E-state index < -0.39 is 16.8 Å². The van der Waals surface area contributed by atoms with E-state index in [9.17, 15) is 19.7 Å². The van der Waals surface area contributed by atoms with Crippen LogP contribution in [-0.2, 0) is 9.59 Å². The van der Waals surface area contributed by atoms with Crippen LogP contribution in [0.15, 0.2) is 70.7 Å². The second-order valence-corrected chi connectivity index (χ2v) is 8.69. The lowest BCUT2D eigenvalue weighted by atomic mass is 9.85. The number of nitro groups is 1. The topological polar surface area (TPSA) is 80.5 Å². The molecule has 1 saturated carbocycles. The third-order valence-corrected chi connectivity index (χ3v) is 7.07. The molecule has 1 saturated heterocycles. The Kier molecular flexibility index (Phi) is 4.25. The van der Waals surface area contributed by atoms with Crippen molar-refractivity contribution in [3.63, 3.8) is 0 Å². The number of anilines is 1.